The molecule has 5 rings (SSSR count). The van der Waals surface area contributed by atoms with E-state index in [1.54, 1.807) is 36.5 Å². The number of primary amides is 1. The molecule has 0 bridgehead atoms. The number of hydrogen-bond acceptors (Lipinski definition) is 8. The van der Waals surface area contributed by atoms with Crippen molar-refractivity contribution in [3.63, 3.8) is 0 Å². The van der Waals surface area contributed by atoms with Gasteiger partial charge in [0.1, 0.15) is 30.2 Å². The minimum Gasteiger partial charge on any atom is -0.368 e. The Balaban J connectivity index is 1.42. The highest BCUT2D eigenvalue weighted by Crippen LogP contribution is 2.24. The maximum Gasteiger partial charge on any atom is 0.243 e. The summed E-state index contributed by atoms with van der Waals surface area (Å²) in [5.74, 6) is -4.66. The lowest BCUT2D eigenvalue weighted by Crippen LogP contribution is -2.59. The standard InChI is InChI=1S/C44H56N10O6/c1-25(46)40(56)52-38(23-32-26(2)49-34-18-10-8-16-31(32)34)42(58)50-27(3)41(57)53-37(22-29-24-48-33-17-9-7-15-30(29)33)44(60)54-36(21-28-13-5-4-6-14-28)43(59)51-35(39(47)55)19-11-12-20-45/h4-10,13-18,24-25,27,35-38,48-49H,11-12,19-23,45-46H2,1-3H3,(H2,47,55)(H,50,58)(H,51,59)(H,52,56)(H,53,57)(H,54,60)/t25-,27+,35+,36+,37+,38+/m1/s1/i2D/hD. The van der Waals surface area contributed by atoms with Gasteiger partial charge in [0.25, 0.3) is 0 Å². The van der Waals surface area contributed by atoms with Crippen molar-refractivity contribution in [1.29, 1.82) is 0 Å². The van der Waals surface area contributed by atoms with E-state index in [4.69, 9.17) is 20.0 Å². The SMILES string of the molecule is [2H]Cc1[nH]c2ccccc2c1C[C@H](NC(=O)[C@@H](C)N)C(=O)N[C@@H](C)C(=O)N([2H])[C@@H](Cc1c[nH]c2ccccc12)C(=O)N[C@@H](Cc1ccccc1)C(=O)N[C@@H](CCCCN)C(N)=O. The molecule has 0 radical (unpaired) electrons. The molecule has 13 N–H and O–H groups in total. The first kappa shape index (κ1) is 41.6. The molecule has 0 saturated heterocycles. The summed E-state index contributed by atoms with van der Waals surface area (Å²) < 4.78 is 17.2. The van der Waals surface area contributed by atoms with Gasteiger partial charge < -0.3 is 53.7 Å². The molecule has 2 aromatic heterocycles. The Bertz CT molecular complexity index is 2350. The fourth-order valence-corrected chi connectivity index (χ4v) is 6.93. The van der Waals surface area contributed by atoms with Crippen molar-refractivity contribution in [1.82, 2.24) is 36.5 Å². The lowest BCUT2D eigenvalue weighted by atomic mass is 10.0. The molecule has 3 aromatic carbocycles. The van der Waals surface area contributed by atoms with Crippen molar-refractivity contribution in [2.45, 2.75) is 95.5 Å². The van der Waals surface area contributed by atoms with Gasteiger partial charge in [-0.05, 0) is 75.4 Å². The molecule has 2 heterocycles. The molecule has 0 spiro atoms. The van der Waals surface area contributed by atoms with Crippen LogP contribution in [-0.2, 0) is 48.0 Å². The Morgan fingerprint density at radius 3 is 1.97 bits per heavy atom. The Morgan fingerprint density at radius 1 is 0.683 bits per heavy atom. The maximum atomic E-state index is 14.5. The third kappa shape index (κ3) is 11.8. The first-order chi connectivity index (χ1) is 29.7. The van der Waals surface area contributed by atoms with Gasteiger partial charge in [-0.1, -0.05) is 66.7 Å². The second-order valence-electron chi connectivity index (χ2n) is 15.0. The molecule has 6 atom stereocenters. The number of H-pyrrole nitrogens is 2. The van der Waals surface area contributed by atoms with Crippen LogP contribution in [0.5, 0.6) is 0 Å². The molecule has 0 fully saturated rings. The van der Waals surface area contributed by atoms with E-state index in [0.29, 0.717) is 47.1 Å². The molecule has 5 aromatic rings. The van der Waals surface area contributed by atoms with Gasteiger partial charge in [-0.25, -0.2) is 0 Å². The summed E-state index contributed by atoms with van der Waals surface area (Å²) in [6.45, 7) is 3.07. The maximum absolute atomic E-state index is 14.5. The van der Waals surface area contributed by atoms with Crippen molar-refractivity contribution in [2.75, 3.05) is 6.54 Å². The number of amides is 6. The summed E-state index contributed by atoms with van der Waals surface area (Å²) in [6.07, 6.45) is 2.80. The number of nitrogens with two attached hydrogens (primary N) is 3. The van der Waals surface area contributed by atoms with Gasteiger partial charge in [-0.3, -0.25) is 28.8 Å². The molecule has 318 valence electrons. The zero-order chi connectivity index (χ0) is 44.9. The summed E-state index contributed by atoms with van der Waals surface area (Å²) >= 11 is 0. The molecule has 60 heavy (non-hydrogen) atoms. The molecular weight excluding hydrogens is 765 g/mol. The highest BCUT2D eigenvalue weighted by atomic mass is 16.2. The Labute approximate surface area is 351 Å². The molecule has 0 aliphatic carbocycles. The van der Waals surface area contributed by atoms with Crippen LogP contribution in [0.2, 0.25) is 1.41 Å². The zero-order valence-electron chi connectivity index (χ0n) is 35.8. The summed E-state index contributed by atoms with van der Waals surface area (Å²) in [4.78, 5) is 88.1. The number of carbonyl (C=O) groups excluding carboxylic acids is 6. The van der Waals surface area contributed by atoms with Crippen molar-refractivity contribution in [3.05, 3.63) is 107 Å². The van der Waals surface area contributed by atoms with Crippen LogP contribution < -0.4 is 43.8 Å². The van der Waals surface area contributed by atoms with Gasteiger partial charge in [-0.2, -0.15) is 0 Å². The summed E-state index contributed by atoms with van der Waals surface area (Å²) in [5, 5.41) is 12.7. The quantitative estimate of drug-likeness (QED) is 0.0482. The number of benzene rings is 3. The van der Waals surface area contributed by atoms with E-state index in [1.807, 2.05) is 48.5 Å². The monoisotopic (exact) mass is 822 g/mol. The highest BCUT2D eigenvalue weighted by molar-refractivity contribution is 5.97. The largest absolute Gasteiger partial charge is 0.368 e. The van der Waals surface area contributed by atoms with Crippen molar-refractivity contribution < 1.29 is 31.5 Å². The van der Waals surface area contributed by atoms with E-state index >= 15 is 0 Å². The number of aromatic nitrogens is 2. The summed E-state index contributed by atoms with van der Waals surface area (Å²) in [7, 11) is 0. The lowest BCUT2D eigenvalue weighted by Gasteiger charge is -2.26. The van der Waals surface area contributed by atoms with Gasteiger partial charge in [0.05, 0.1) is 6.04 Å². The fourth-order valence-electron chi connectivity index (χ4n) is 6.93. The minimum absolute atomic E-state index is 0.00219. The van der Waals surface area contributed by atoms with Crippen LogP contribution in [0.3, 0.4) is 0 Å². The van der Waals surface area contributed by atoms with Crippen LogP contribution in [-0.4, -0.2) is 88.2 Å². The van der Waals surface area contributed by atoms with E-state index < -0.39 is 71.7 Å². The molecule has 0 unspecified atom stereocenters. The van der Waals surface area contributed by atoms with Crippen molar-refractivity contribution >= 4 is 57.2 Å². The first-order valence-electron chi connectivity index (χ1n) is 21.1. The molecule has 16 nitrogen and oxygen atoms in total. The Hall–Kier alpha value is -6.52. The fraction of sp³-hybridized carbons (Fsp3) is 0.364. The number of aryl methyl sites for hydroxylation is 1. The van der Waals surface area contributed by atoms with E-state index in [9.17, 15) is 28.8 Å². The molecule has 6 amide bonds. The van der Waals surface area contributed by atoms with Crippen LogP contribution in [0.1, 0.15) is 56.9 Å². The van der Waals surface area contributed by atoms with Gasteiger partial charge in [0.15, 0.2) is 1.41 Å². The molecule has 0 saturated carbocycles. The van der Waals surface area contributed by atoms with Crippen LogP contribution in [0.15, 0.2) is 85.1 Å². The van der Waals surface area contributed by atoms with Crippen LogP contribution in [0.4, 0.5) is 0 Å². The molecule has 0 aliphatic rings. The highest BCUT2D eigenvalue weighted by Gasteiger charge is 2.32. The third-order valence-corrected chi connectivity index (χ3v) is 10.3. The predicted octanol–water partition coefficient (Wildman–Crippen LogP) is 1.39. The molecule has 16 heteroatoms. The van der Waals surface area contributed by atoms with Crippen molar-refractivity contribution in [3.8, 4) is 0 Å². The zero-order valence-corrected chi connectivity index (χ0v) is 33.8. The number of carbonyl (C=O) groups is 6. The molecule has 0 aliphatic heterocycles. The molecular formula is C44H56N10O6. The van der Waals surface area contributed by atoms with Crippen LogP contribution in [0.25, 0.3) is 21.8 Å². The third-order valence-electron chi connectivity index (χ3n) is 10.3. The first-order valence-corrected chi connectivity index (χ1v) is 20.0. The van der Waals surface area contributed by atoms with E-state index in [1.165, 1.54) is 13.8 Å². The number of para-hydroxylation sites is 2. The van der Waals surface area contributed by atoms with Gasteiger partial charge in [-0.15, -0.1) is 0 Å². The number of rotatable bonds is 21. The van der Waals surface area contributed by atoms with Gasteiger partial charge in [0.2, 0.25) is 35.4 Å². The minimum atomic E-state index is -1.54. The number of aromatic amines is 2. The van der Waals surface area contributed by atoms with Crippen LogP contribution in [0, 0.1) is 6.90 Å². The van der Waals surface area contributed by atoms with E-state index in [0.717, 1.165) is 21.8 Å². The second kappa shape index (κ2) is 20.9. The predicted molar refractivity (Wildman–Crippen MR) is 230 cm³/mol. The van der Waals surface area contributed by atoms with E-state index in [-0.39, 0.29) is 32.6 Å². The van der Waals surface area contributed by atoms with E-state index in [2.05, 4.69) is 31.2 Å². The number of hydrogen-bond donors (Lipinski definition) is 10. The summed E-state index contributed by atoms with van der Waals surface area (Å²) in [6, 6.07) is 16.0. The Kier molecular flexibility index (Phi) is 14.5. The van der Waals surface area contributed by atoms with Gasteiger partial charge in [0, 0.05) is 54.3 Å². The van der Waals surface area contributed by atoms with Crippen molar-refractivity contribution in [2.24, 2.45) is 17.2 Å². The number of fused-ring (bicyclic) bond motifs is 2. The smallest absolute Gasteiger partial charge is 0.243 e. The normalized spacial score (nSPS) is 14.7. The average molecular weight is 823 g/mol. The van der Waals surface area contributed by atoms with Crippen LogP contribution >= 0.6 is 0 Å². The lowest BCUT2D eigenvalue weighted by molar-refractivity contribution is -0.134. The topological polar surface area (TPSA) is 272 Å². The Morgan fingerprint density at radius 2 is 1.28 bits per heavy atom. The second-order valence-corrected chi connectivity index (χ2v) is 15.0. The number of nitrogens with one attached hydrogen (secondary N) is 7. The van der Waals surface area contributed by atoms with Gasteiger partial charge >= 0.3 is 0 Å². The number of unbranched alkanes of at least 4 members (excludes halogenated alkanes) is 1. The average Bonchev–Trinajstić information content (AvgIpc) is 3.84. The summed E-state index contributed by atoms with van der Waals surface area (Å²) in [5.41, 5.74) is 21.1.